The lowest BCUT2D eigenvalue weighted by Crippen LogP contribution is -1.98. The largest absolute Gasteiger partial charge is 0.497 e. The first-order valence-corrected chi connectivity index (χ1v) is 8.70. The summed E-state index contributed by atoms with van der Waals surface area (Å²) in [4.78, 5) is 0. The molecule has 0 aliphatic carbocycles. The van der Waals surface area contributed by atoms with Gasteiger partial charge in [-0.25, -0.2) is 0 Å². The minimum absolute atomic E-state index is 0.612. The summed E-state index contributed by atoms with van der Waals surface area (Å²) in [6.07, 6.45) is 7.66. The summed E-state index contributed by atoms with van der Waals surface area (Å²) in [5.41, 5.74) is 0. The minimum atomic E-state index is 0.612. The molecule has 0 saturated heterocycles. The number of methoxy groups -OCH3 is 1. The third kappa shape index (κ3) is 7.25. The number of unbranched alkanes of at least 4 members (excludes halogenated alkanes) is 5. The Morgan fingerprint density at radius 3 is 2.37 bits per heavy atom. The topological polar surface area (TPSA) is 18.5 Å². The fourth-order valence-corrected chi connectivity index (χ4v) is 2.58. The van der Waals surface area contributed by atoms with Crippen LogP contribution >= 0.6 is 34.2 Å². The van der Waals surface area contributed by atoms with Crippen LogP contribution in [0.4, 0.5) is 0 Å². The molecule has 1 aromatic rings. The Labute approximate surface area is 135 Å². The molecule has 4 heteroatoms. The second-order valence-electron chi connectivity index (χ2n) is 4.46. The number of halogens is 2. The molecule has 0 fully saturated rings. The SMILES string of the molecule is COc1ccc(OCCCCCCCCI)c(Cl)c1. The number of alkyl halides is 1. The van der Waals surface area contributed by atoms with Crippen LogP contribution < -0.4 is 9.47 Å². The Morgan fingerprint density at radius 1 is 1.05 bits per heavy atom. The summed E-state index contributed by atoms with van der Waals surface area (Å²) in [5.74, 6) is 1.50. The van der Waals surface area contributed by atoms with Gasteiger partial charge in [-0.3, -0.25) is 0 Å². The van der Waals surface area contributed by atoms with Crippen molar-refractivity contribution in [1.82, 2.24) is 0 Å². The first-order valence-electron chi connectivity index (χ1n) is 6.80. The van der Waals surface area contributed by atoms with Gasteiger partial charge < -0.3 is 9.47 Å². The molecule has 0 N–H and O–H groups in total. The van der Waals surface area contributed by atoms with Crippen molar-refractivity contribution in [2.75, 3.05) is 18.1 Å². The van der Waals surface area contributed by atoms with Crippen molar-refractivity contribution in [1.29, 1.82) is 0 Å². The van der Waals surface area contributed by atoms with E-state index in [1.165, 1.54) is 36.5 Å². The smallest absolute Gasteiger partial charge is 0.138 e. The molecule has 0 heterocycles. The third-order valence-electron chi connectivity index (χ3n) is 2.92. The molecular weight excluding hydrogens is 375 g/mol. The molecule has 1 aromatic carbocycles. The second kappa shape index (κ2) is 10.6. The van der Waals surface area contributed by atoms with Crippen LogP contribution in [0.15, 0.2) is 18.2 Å². The zero-order valence-electron chi connectivity index (χ0n) is 11.5. The maximum absolute atomic E-state index is 6.10. The van der Waals surface area contributed by atoms with E-state index in [2.05, 4.69) is 22.6 Å². The van der Waals surface area contributed by atoms with Gasteiger partial charge in [0, 0.05) is 6.07 Å². The van der Waals surface area contributed by atoms with Gasteiger partial charge in [0.25, 0.3) is 0 Å². The molecule has 0 saturated carbocycles. The summed E-state index contributed by atoms with van der Waals surface area (Å²) < 4.78 is 12.0. The highest BCUT2D eigenvalue weighted by molar-refractivity contribution is 14.1. The lowest BCUT2D eigenvalue weighted by atomic mass is 10.1. The van der Waals surface area contributed by atoms with Crippen molar-refractivity contribution >= 4 is 34.2 Å². The molecule has 0 aromatic heterocycles. The fraction of sp³-hybridized carbons (Fsp3) is 0.600. The van der Waals surface area contributed by atoms with Crippen LogP contribution in [0.3, 0.4) is 0 Å². The molecule has 0 radical (unpaired) electrons. The quantitative estimate of drug-likeness (QED) is 0.295. The van der Waals surface area contributed by atoms with E-state index in [0.29, 0.717) is 5.02 Å². The van der Waals surface area contributed by atoms with E-state index in [1.54, 1.807) is 13.2 Å². The van der Waals surface area contributed by atoms with Crippen molar-refractivity contribution < 1.29 is 9.47 Å². The fourth-order valence-electron chi connectivity index (χ4n) is 1.81. The Morgan fingerprint density at radius 2 is 1.74 bits per heavy atom. The molecule has 0 amide bonds. The monoisotopic (exact) mass is 396 g/mol. The van der Waals surface area contributed by atoms with Crippen LogP contribution in [0.25, 0.3) is 0 Å². The molecule has 0 aliphatic rings. The Balaban J connectivity index is 2.12. The van der Waals surface area contributed by atoms with Gasteiger partial charge in [0.15, 0.2) is 0 Å². The Kier molecular flexibility index (Phi) is 9.43. The molecule has 0 atom stereocenters. The summed E-state index contributed by atoms with van der Waals surface area (Å²) in [5, 5.41) is 0.612. The zero-order chi connectivity index (χ0) is 13.9. The highest BCUT2D eigenvalue weighted by atomic mass is 127. The summed E-state index contributed by atoms with van der Waals surface area (Å²) in [7, 11) is 1.63. The maximum Gasteiger partial charge on any atom is 0.138 e. The highest BCUT2D eigenvalue weighted by Crippen LogP contribution is 2.28. The first kappa shape index (κ1) is 16.9. The summed E-state index contributed by atoms with van der Waals surface area (Å²) in [6.45, 7) is 0.734. The molecule has 0 aliphatic heterocycles. The number of ether oxygens (including phenoxy) is 2. The number of benzene rings is 1. The Bertz CT molecular complexity index is 358. The molecule has 0 unspecified atom stereocenters. The van der Waals surface area contributed by atoms with Crippen LogP contribution in [0.1, 0.15) is 38.5 Å². The van der Waals surface area contributed by atoms with Crippen molar-refractivity contribution in [3.63, 3.8) is 0 Å². The summed E-state index contributed by atoms with van der Waals surface area (Å²) in [6, 6.07) is 5.51. The van der Waals surface area contributed by atoms with Crippen LogP contribution in [-0.2, 0) is 0 Å². The van der Waals surface area contributed by atoms with Gasteiger partial charge in [-0.05, 0) is 29.4 Å². The predicted octanol–water partition coefficient (Wildman–Crippen LogP) is 5.50. The average molecular weight is 397 g/mol. The highest BCUT2D eigenvalue weighted by Gasteiger charge is 2.03. The first-order chi connectivity index (χ1) is 9.27. The molecule has 0 bridgehead atoms. The molecular formula is C15H22ClIO2. The van der Waals surface area contributed by atoms with E-state index in [4.69, 9.17) is 21.1 Å². The van der Waals surface area contributed by atoms with Gasteiger partial charge in [-0.2, -0.15) is 0 Å². The van der Waals surface area contributed by atoms with E-state index >= 15 is 0 Å². The molecule has 19 heavy (non-hydrogen) atoms. The number of hydrogen-bond donors (Lipinski definition) is 0. The third-order valence-corrected chi connectivity index (χ3v) is 3.98. The molecule has 2 nitrogen and oxygen atoms in total. The average Bonchev–Trinajstić information content (AvgIpc) is 2.43. The second-order valence-corrected chi connectivity index (χ2v) is 5.94. The van der Waals surface area contributed by atoms with E-state index in [0.717, 1.165) is 24.5 Å². The van der Waals surface area contributed by atoms with Crippen molar-refractivity contribution in [2.45, 2.75) is 38.5 Å². The summed E-state index contributed by atoms with van der Waals surface area (Å²) >= 11 is 8.53. The zero-order valence-corrected chi connectivity index (χ0v) is 14.4. The molecule has 0 spiro atoms. The standard InChI is InChI=1S/C15H22ClIO2/c1-18-13-8-9-15(14(16)12-13)19-11-7-5-3-2-4-6-10-17/h8-9,12H,2-7,10-11H2,1H3. The maximum atomic E-state index is 6.10. The van der Waals surface area contributed by atoms with Gasteiger partial charge in [0.1, 0.15) is 11.5 Å². The van der Waals surface area contributed by atoms with Crippen molar-refractivity contribution in [2.24, 2.45) is 0 Å². The molecule has 108 valence electrons. The van der Waals surface area contributed by atoms with Crippen LogP contribution in [0.2, 0.25) is 5.02 Å². The van der Waals surface area contributed by atoms with Crippen molar-refractivity contribution in [3.05, 3.63) is 23.2 Å². The minimum Gasteiger partial charge on any atom is -0.497 e. The van der Waals surface area contributed by atoms with Gasteiger partial charge in [0.2, 0.25) is 0 Å². The van der Waals surface area contributed by atoms with Crippen LogP contribution in [0, 0.1) is 0 Å². The van der Waals surface area contributed by atoms with E-state index in [-0.39, 0.29) is 0 Å². The van der Waals surface area contributed by atoms with Gasteiger partial charge in [-0.1, -0.05) is 59.9 Å². The number of hydrogen-bond acceptors (Lipinski definition) is 2. The molecule has 1 rings (SSSR count). The van der Waals surface area contributed by atoms with Gasteiger partial charge >= 0.3 is 0 Å². The Hall–Kier alpha value is -0.160. The normalized spacial score (nSPS) is 10.5. The van der Waals surface area contributed by atoms with E-state index in [9.17, 15) is 0 Å². The van der Waals surface area contributed by atoms with Crippen LogP contribution in [-0.4, -0.2) is 18.1 Å². The lowest BCUT2D eigenvalue weighted by molar-refractivity contribution is 0.304. The van der Waals surface area contributed by atoms with Crippen LogP contribution in [0.5, 0.6) is 11.5 Å². The number of rotatable bonds is 10. The lowest BCUT2D eigenvalue weighted by Gasteiger charge is -2.09. The van der Waals surface area contributed by atoms with E-state index < -0.39 is 0 Å². The van der Waals surface area contributed by atoms with E-state index in [1.807, 2.05) is 12.1 Å². The predicted molar refractivity (Wildman–Crippen MR) is 90.1 cm³/mol. The van der Waals surface area contributed by atoms with Crippen molar-refractivity contribution in [3.8, 4) is 11.5 Å². The van der Waals surface area contributed by atoms with Gasteiger partial charge in [0.05, 0.1) is 18.7 Å². The van der Waals surface area contributed by atoms with Gasteiger partial charge in [-0.15, -0.1) is 0 Å².